The molecule has 1 heterocycles. The lowest BCUT2D eigenvalue weighted by molar-refractivity contribution is 0.0694. The van der Waals surface area contributed by atoms with E-state index < -0.39 is 11.5 Å². The van der Waals surface area contributed by atoms with Crippen molar-refractivity contribution in [3.63, 3.8) is 0 Å². The fourth-order valence-corrected chi connectivity index (χ4v) is 1.74. The number of ether oxygens (including phenoxy) is 1. The molecule has 0 saturated carbocycles. The van der Waals surface area contributed by atoms with Gasteiger partial charge in [0.05, 0.1) is 6.33 Å². The molecule has 0 bridgehead atoms. The van der Waals surface area contributed by atoms with E-state index in [-0.39, 0.29) is 21.7 Å². The van der Waals surface area contributed by atoms with Crippen molar-refractivity contribution in [1.82, 2.24) is 9.97 Å². The van der Waals surface area contributed by atoms with Gasteiger partial charge in [0.2, 0.25) is 5.88 Å². The first kappa shape index (κ1) is 13.3. The highest BCUT2D eigenvalue weighted by Gasteiger charge is 2.15. The van der Waals surface area contributed by atoms with E-state index in [1.54, 1.807) is 13.0 Å². The Morgan fingerprint density at radius 2 is 2.21 bits per heavy atom. The van der Waals surface area contributed by atoms with E-state index in [0.29, 0.717) is 0 Å². The lowest BCUT2D eigenvalue weighted by Gasteiger charge is -2.09. The quantitative estimate of drug-likeness (QED) is 0.903. The van der Waals surface area contributed by atoms with Gasteiger partial charge in [-0.2, -0.15) is 0 Å². The molecule has 0 radical (unpaired) electrons. The predicted molar refractivity (Wildman–Crippen MR) is 70.8 cm³/mol. The van der Waals surface area contributed by atoms with Crippen LogP contribution in [0.5, 0.6) is 11.6 Å². The van der Waals surface area contributed by atoms with E-state index in [1.807, 2.05) is 0 Å². The zero-order valence-corrected chi connectivity index (χ0v) is 11.4. The summed E-state index contributed by atoms with van der Waals surface area (Å²) < 4.78 is 5.48. The number of nitrogens with zero attached hydrogens (tertiary/aromatic N) is 1. The normalized spacial score (nSPS) is 10.2. The number of carbonyl (C=O) groups is 1. The summed E-state index contributed by atoms with van der Waals surface area (Å²) in [6.07, 6.45) is 1.18. The highest BCUT2D eigenvalue weighted by atomic mass is 79.9. The number of benzene rings is 1. The molecule has 0 aliphatic rings. The van der Waals surface area contributed by atoms with Crippen LogP contribution in [-0.4, -0.2) is 21.0 Å². The van der Waals surface area contributed by atoms with Crippen molar-refractivity contribution in [3.05, 3.63) is 50.5 Å². The van der Waals surface area contributed by atoms with Crippen LogP contribution < -0.4 is 10.3 Å². The Labute approximate surface area is 116 Å². The van der Waals surface area contributed by atoms with Gasteiger partial charge in [-0.15, -0.1) is 0 Å². The molecule has 0 unspecified atom stereocenters. The number of carboxylic acid groups (broad SMARTS) is 1. The van der Waals surface area contributed by atoms with E-state index in [9.17, 15) is 9.59 Å². The highest BCUT2D eigenvalue weighted by molar-refractivity contribution is 9.10. The molecule has 0 aliphatic heterocycles. The van der Waals surface area contributed by atoms with E-state index in [0.717, 1.165) is 5.56 Å². The number of hydrogen-bond acceptors (Lipinski definition) is 4. The molecule has 0 amide bonds. The average molecular weight is 325 g/mol. The van der Waals surface area contributed by atoms with Gasteiger partial charge in [0.1, 0.15) is 15.8 Å². The minimum absolute atomic E-state index is 0.00832. The molecule has 1 aromatic heterocycles. The second kappa shape index (κ2) is 5.23. The van der Waals surface area contributed by atoms with Crippen LogP contribution >= 0.6 is 15.9 Å². The van der Waals surface area contributed by atoms with Crippen molar-refractivity contribution in [2.24, 2.45) is 0 Å². The number of nitrogens with one attached hydrogen (secondary N) is 1. The first-order valence-electron chi connectivity index (χ1n) is 5.24. The van der Waals surface area contributed by atoms with E-state index in [2.05, 4.69) is 25.9 Å². The molecule has 7 heteroatoms. The minimum Gasteiger partial charge on any atom is -0.478 e. The van der Waals surface area contributed by atoms with Gasteiger partial charge < -0.3 is 14.8 Å². The van der Waals surface area contributed by atoms with Crippen LogP contribution in [0.1, 0.15) is 15.9 Å². The third-order valence-corrected chi connectivity index (χ3v) is 3.04. The van der Waals surface area contributed by atoms with E-state index in [1.165, 1.54) is 18.5 Å². The van der Waals surface area contributed by atoms with Crippen LogP contribution in [0.4, 0.5) is 0 Å². The van der Waals surface area contributed by atoms with Crippen molar-refractivity contribution in [3.8, 4) is 11.6 Å². The summed E-state index contributed by atoms with van der Waals surface area (Å²) in [5.74, 6) is -0.980. The number of hydrogen-bond donors (Lipinski definition) is 2. The summed E-state index contributed by atoms with van der Waals surface area (Å²) in [6.45, 7) is 1.78. The number of aromatic nitrogens is 2. The first-order valence-corrected chi connectivity index (χ1v) is 6.03. The number of aromatic amines is 1. The van der Waals surface area contributed by atoms with Crippen LogP contribution in [0.3, 0.4) is 0 Å². The molecule has 0 spiro atoms. The molecule has 2 N–H and O–H groups in total. The minimum atomic E-state index is -1.11. The summed E-state index contributed by atoms with van der Waals surface area (Å²) in [4.78, 5) is 28.7. The van der Waals surface area contributed by atoms with E-state index >= 15 is 0 Å². The summed E-state index contributed by atoms with van der Waals surface area (Å²) in [6, 6.07) is 4.72. The SMILES string of the molecule is Cc1ccc(Oc2nc[nH]c(=O)c2Br)c(C(=O)O)c1. The lowest BCUT2D eigenvalue weighted by Crippen LogP contribution is -2.09. The number of aromatic carboxylic acids is 1. The van der Waals surface area contributed by atoms with Crippen molar-refractivity contribution >= 4 is 21.9 Å². The summed E-state index contributed by atoms with van der Waals surface area (Å²) in [5.41, 5.74) is 0.394. The maximum atomic E-state index is 11.4. The zero-order chi connectivity index (χ0) is 14.0. The number of carboxylic acids is 1. The van der Waals surface area contributed by atoms with Gasteiger partial charge in [-0.1, -0.05) is 11.6 Å². The van der Waals surface area contributed by atoms with Gasteiger partial charge in [-0.3, -0.25) is 4.79 Å². The Morgan fingerprint density at radius 3 is 2.89 bits per heavy atom. The van der Waals surface area contributed by atoms with E-state index in [4.69, 9.17) is 9.84 Å². The Balaban J connectivity index is 2.46. The molecule has 98 valence electrons. The Morgan fingerprint density at radius 1 is 1.47 bits per heavy atom. The molecular formula is C12H9BrN2O4. The zero-order valence-electron chi connectivity index (χ0n) is 9.81. The largest absolute Gasteiger partial charge is 0.478 e. The fraction of sp³-hybridized carbons (Fsp3) is 0.0833. The first-order chi connectivity index (χ1) is 8.99. The lowest BCUT2D eigenvalue weighted by atomic mass is 10.1. The molecule has 2 aromatic rings. The van der Waals surface area contributed by atoms with Gasteiger partial charge >= 0.3 is 5.97 Å². The summed E-state index contributed by atoms with van der Waals surface area (Å²) in [5, 5.41) is 9.11. The molecule has 0 atom stereocenters. The van der Waals surface area contributed by atoms with Gasteiger partial charge in [-0.05, 0) is 35.0 Å². The fourth-order valence-electron chi connectivity index (χ4n) is 1.44. The predicted octanol–water partition coefficient (Wildman–Crippen LogP) is 2.33. The third-order valence-electron chi connectivity index (χ3n) is 2.34. The molecule has 0 aliphatic carbocycles. The topological polar surface area (TPSA) is 92.3 Å². The molecular weight excluding hydrogens is 316 g/mol. The number of halogens is 1. The van der Waals surface area contributed by atoms with Crippen LogP contribution in [0.2, 0.25) is 0 Å². The number of H-pyrrole nitrogens is 1. The van der Waals surface area contributed by atoms with Crippen LogP contribution in [0.25, 0.3) is 0 Å². The van der Waals surface area contributed by atoms with Crippen molar-refractivity contribution in [2.45, 2.75) is 6.92 Å². The molecule has 2 rings (SSSR count). The van der Waals surface area contributed by atoms with Crippen molar-refractivity contribution in [2.75, 3.05) is 0 Å². The summed E-state index contributed by atoms with van der Waals surface area (Å²) in [7, 11) is 0. The Kier molecular flexibility index (Phi) is 3.66. The smallest absolute Gasteiger partial charge is 0.339 e. The van der Waals surface area contributed by atoms with Crippen molar-refractivity contribution in [1.29, 1.82) is 0 Å². The number of aryl methyl sites for hydroxylation is 1. The van der Waals surface area contributed by atoms with Gasteiger partial charge in [0.25, 0.3) is 5.56 Å². The number of rotatable bonds is 3. The molecule has 0 saturated heterocycles. The average Bonchev–Trinajstić information content (AvgIpc) is 2.36. The van der Waals surface area contributed by atoms with Gasteiger partial charge in [-0.25, -0.2) is 9.78 Å². The Hall–Kier alpha value is -2.15. The third kappa shape index (κ3) is 2.82. The maximum absolute atomic E-state index is 11.4. The molecule has 6 nitrogen and oxygen atoms in total. The molecule has 19 heavy (non-hydrogen) atoms. The van der Waals surface area contributed by atoms with Crippen molar-refractivity contribution < 1.29 is 14.6 Å². The molecule has 0 fully saturated rings. The standard InChI is InChI=1S/C12H9BrN2O4/c1-6-2-3-8(7(4-6)12(17)18)19-11-9(13)10(16)14-5-15-11/h2-5H,1H3,(H,17,18)(H,14,15,16). The highest BCUT2D eigenvalue weighted by Crippen LogP contribution is 2.28. The Bertz CT molecular complexity index is 696. The second-order valence-corrected chi connectivity index (χ2v) is 4.55. The summed E-state index contributed by atoms with van der Waals surface area (Å²) >= 11 is 3.04. The monoisotopic (exact) mass is 324 g/mol. The second-order valence-electron chi connectivity index (χ2n) is 3.76. The van der Waals surface area contributed by atoms with Crippen LogP contribution in [-0.2, 0) is 0 Å². The van der Waals surface area contributed by atoms with Gasteiger partial charge in [0.15, 0.2) is 0 Å². The molecule has 1 aromatic carbocycles. The maximum Gasteiger partial charge on any atom is 0.339 e. The van der Waals surface area contributed by atoms with Gasteiger partial charge in [0, 0.05) is 0 Å². The van der Waals surface area contributed by atoms with Crippen LogP contribution in [0.15, 0.2) is 33.8 Å². The van der Waals surface area contributed by atoms with Crippen LogP contribution in [0, 0.1) is 6.92 Å².